The second-order valence-corrected chi connectivity index (χ2v) is 8.77. The van der Waals surface area contributed by atoms with Crippen LogP contribution in [0.2, 0.25) is 0 Å². The third-order valence-corrected chi connectivity index (χ3v) is 7.43. The molecule has 0 spiro atoms. The van der Waals surface area contributed by atoms with Gasteiger partial charge in [0.05, 0.1) is 5.56 Å². The van der Waals surface area contributed by atoms with Gasteiger partial charge in [-0.15, -0.1) is 0 Å². The molecule has 134 valence electrons. The molecule has 3 rings (SSSR count). The van der Waals surface area contributed by atoms with Crippen LogP contribution in [0, 0.1) is 0 Å². The molecular weight excluding hydrogens is 368 g/mol. The Morgan fingerprint density at radius 2 is 2.12 bits per heavy atom. The van der Waals surface area contributed by atoms with E-state index < -0.39 is 33.3 Å². The van der Waals surface area contributed by atoms with Crippen molar-refractivity contribution in [1.82, 2.24) is 9.62 Å². The Kier molecular flexibility index (Phi) is 4.28. The zero-order valence-corrected chi connectivity index (χ0v) is 14.9. The van der Waals surface area contributed by atoms with Gasteiger partial charge in [0.25, 0.3) is 21.8 Å². The lowest BCUT2D eigenvalue weighted by Crippen LogP contribution is -2.54. The van der Waals surface area contributed by atoms with Gasteiger partial charge < -0.3 is 10.4 Å². The number of carbonyl (C=O) groups excluding carboxylic acids is 2. The fourth-order valence-electron chi connectivity index (χ4n) is 2.90. The van der Waals surface area contributed by atoms with Crippen molar-refractivity contribution in [2.75, 3.05) is 18.1 Å². The zero-order valence-electron chi connectivity index (χ0n) is 13.3. The fraction of sp³-hybridized carbons (Fsp3) is 0.400. The lowest BCUT2D eigenvalue weighted by molar-refractivity contribution is -0.143. The van der Waals surface area contributed by atoms with Crippen LogP contribution < -0.4 is 5.32 Å². The van der Waals surface area contributed by atoms with Gasteiger partial charge in [-0.2, -0.15) is 11.8 Å². The highest BCUT2D eigenvalue weighted by molar-refractivity contribution is 7.99. The summed E-state index contributed by atoms with van der Waals surface area (Å²) in [5.41, 5.74) is -1.33. The third kappa shape index (κ3) is 2.69. The molecule has 1 atom stereocenters. The van der Waals surface area contributed by atoms with Crippen LogP contribution in [0.15, 0.2) is 23.1 Å². The number of rotatable bonds is 4. The third-order valence-electron chi connectivity index (χ3n) is 4.34. The van der Waals surface area contributed by atoms with E-state index in [1.54, 1.807) is 6.92 Å². The molecule has 0 radical (unpaired) electrons. The van der Waals surface area contributed by atoms with Gasteiger partial charge in [0.1, 0.15) is 10.4 Å². The fourth-order valence-corrected chi connectivity index (χ4v) is 5.83. The summed E-state index contributed by atoms with van der Waals surface area (Å²) in [7, 11) is -3.98. The van der Waals surface area contributed by atoms with Crippen LogP contribution in [0.3, 0.4) is 0 Å². The summed E-state index contributed by atoms with van der Waals surface area (Å²) < 4.78 is 25.5. The number of amides is 2. The van der Waals surface area contributed by atoms with Crippen LogP contribution in [0.25, 0.3) is 0 Å². The minimum Gasteiger partial charge on any atom is -0.479 e. The highest BCUT2D eigenvalue weighted by Crippen LogP contribution is 2.32. The number of carboxylic acids is 1. The Morgan fingerprint density at radius 3 is 2.68 bits per heavy atom. The molecule has 0 bridgehead atoms. The maximum absolute atomic E-state index is 12.5. The maximum Gasteiger partial charge on any atom is 0.330 e. The Morgan fingerprint density at radius 1 is 1.40 bits per heavy atom. The number of aliphatic carboxylic acids is 1. The number of hydrogen-bond donors (Lipinski definition) is 2. The van der Waals surface area contributed by atoms with E-state index in [4.69, 9.17) is 0 Å². The molecule has 0 aromatic heterocycles. The molecule has 0 aliphatic carbocycles. The lowest BCUT2D eigenvalue weighted by Gasteiger charge is -2.24. The quantitative estimate of drug-likeness (QED) is 0.777. The molecule has 2 amide bonds. The highest BCUT2D eigenvalue weighted by atomic mass is 32.2. The van der Waals surface area contributed by atoms with E-state index in [1.807, 2.05) is 0 Å². The van der Waals surface area contributed by atoms with E-state index in [1.165, 1.54) is 23.9 Å². The summed E-state index contributed by atoms with van der Waals surface area (Å²) in [6, 6.07) is 3.75. The molecule has 1 unspecified atom stereocenters. The first-order valence-corrected chi connectivity index (χ1v) is 10.2. The number of nitrogens with one attached hydrogen (secondary N) is 1. The summed E-state index contributed by atoms with van der Waals surface area (Å²) in [5.74, 6) is -1.55. The number of fused-ring (bicyclic) bond motifs is 1. The average molecular weight is 384 g/mol. The van der Waals surface area contributed by atoms with Gasteiger partial charge in [0.15, 0.2) is 0 Å². The standard InChI is InChI=1S/C15H16N2O6S2/c1-2-17-13(19)10-4-3-9(7-11(10)25(17,22)23)12(18)16-15(14(20)21)5-6-24-8-15/h3-4,7H,2,5-6,8H2,1H3,(H,16,18)(H,20,21). The number of benzene rings is 1. The number of carbonyl (C=O) groups is 3. The van der Waals surface area contributed by atoms with Gasteiger partial charge in [-0.3, -0.25) is 9.59 Å². The number of nitrogens with zero attached hydrogens (tertiary/aromatic N) is 1. The first-order chi connectivity index (χ1) is 11.7. The van der Waals surface area contributed by atoms with E-state index in [0.29, 0.717) is 12.2 Å². The Bertz CT molecular complexity index is 874. The van der Waals surface area contributed by atoms with E-state index in [-0.39, 0.29) is 28.3 Å². The van der Waals surface area contributed by atoms with Crippen LogP contribution in [-0.2, 0) is 14.8 Å². The Hall–Kier alpha value is -2.07. The summed E-state index contributed by atoms with van der Waals surface area (Å²) in [6.07, 6.45) is 0.296. The molecule has 1 aromatic rings. The summed E-state index contributed by atoms with van der Waals surface area (Å²) in [6.45, 7) is 1.54. The summed E-state index contributed by atoms with van der Waals surface area (Å²) >= 11 is 1.43. The van der Waals surface area contributed by atoms with Crippen LogP contribution in [0.4, 0.5) is 0 Å². The van der Waals surface area contributed by atoms with Crippen molar-refractivity contribution in [2.45, 2.75) is 23.8 Å². The monoisotopic (exact) mass is 384 g/mol. The van der Waals surface area contributed by atoms with Gasteiger partial charge in [0.2, 0.25) is 0 Å². The predicted molar refractivity (Wildman–Crippen MR) is 90.1 cm³/mol. The molecule has 25 heavy (non-hydrogen) atoms. The molecule has 2 aliphatic rings. The van der Waals surface area contributed by atoms with Crippen LogP contribution in [0.5, 0.6) is 0 Å². The van der Waals surface area contributed by atoms with Gasteiger partial charge in [0, 0.05) is 17.9 Å². The molecule has 1 saturated heterocycles. The molecule has 2 aliphatic heterocycles. The van der Waals surface area contributed by atoms with Crippen molar-refractivity contribution in [3.05, 3.63) is 29.3 Å². The van der Waals surface area contributed by atoms with Crippen molar-refractivity contribution in [3.63, 3.8) is 0 Å². The second kappa shape index (κ2) is 6.03. The predicted octanol–water partition coefficient (Wildman–Crippen LogP) is 0.541. The van der Waals surface area contributed by atoms with Crippen LogP contribution in [0.1, 0.15) is 34.1 Å². The zero-order chi connectivity index (χ0) is 18.4. The average Bonchev–Trinajstić information content (AvgIpc) is 3.10. The minimum atomic E-state index is -3.98. The molecule has 2 N–H and O–H groups in total. The molecule has 8 nitrogen and oxygen atoms in total. The normalized spacial score (nSPS) is 24.2. The summed E-state index contributed by atoms with van der Waals surface area (Å²) in [5, 5.41) is 11.9. The number of hydrogen-bond acceptors (Lipinski definition) is 6. The largest absolute Gasteiger partial charge is 0.479 e. The second-order valence-electron chi connectivity index (χ2n) is 5.83. The SMILES string of the molecule is CCN1C(=O)c2ccc(C(=O)NC3(C(=O)O)CCSC3)cc2S1(=O)=O. The van der Waals surface area contributed by atoms with Gasteiger partial charge >= 0.3 is 5.97 Å². The van der Waals surface area contributed by atoms with Crippen molar-refractivity contribution in [3.8, 4) is 0 Å². The Labute approximate surface area is 148 Å². The molecular formula is C15H16N2O6S2. The topological polar surface area (TPSA) is 121 Å². The smallest absolute Gasteiger partial charge is 0.330 e. The van der Waals surface area contributed by atoms with Gasteiger partial charge in [-0.25, -0.2) is 17.5 Å². The van der Waals surface area contributed by atoms with Crippen molar-refractivity contribution < 1.29 is 27.9 Å². The number of carboxylic acid groups (broad SMARTS) is 1. The number of thioether (sulfide) groups is 1. The van der Waals surface area contributed by atoms with Gasteiger partial charge in [-0.05, 0) is 37.3 Å². The Balaban J connectivity index is 1.95. The first kappa shape index (κ1) is 17.7. The number of sulfonamides is 1. The van der Waals surface area contributed by atoms with E-state index >= 15 is 0 Å². The van der Waals surface area contributed by atoms with E-state index in [2.05, 4.69) is 5.32 Å². The van der Waals surface area contributed by atoms with Crippen LogP contribution >= 0.6 is 11.8 Å². The van der Waals surface area contributed by atoms with Crippen LogP contribution in [-0.4, -0.2) is 59.2 Å². The molecule has 10 heteroatoms. The molecule has 0 saturated carbocycles. The summed E-state index contributed by atoms with van der Waals surface area (Å²) in [4.78, 5) is 35.9. The van der Waals surface area contributed by atoms with E-state index in [9.17, 15) is 27.9 Å². The van der Waals surface area contributed by atoms with Gasteiger partial charge in [-0.1, -0.05) is 0 Å². The molecule has 1 aromatic carbocycles. The van der Waals surface area contributed by atoms with Crippen molar-refractivity contribution >= 4 is 39.6 Å². The van der Waals surface area contributed by atoms with Crippen molar-refractivity contribution in [1.29, 1.82) is 0 Å². The van der Waals surface area contributed by atoms with E-state index in [0.717, 1.165) is 10.4 Å². The minimum absolute atomic E-state index is 0.00325. The molecule has 2 heterocycles. The molecule has 1 fully saturated rings. The highest BCUT2D eigenvalue weighted by Gasteiger charge is 2.44. The van der Waals surface area contributed by atoms with Crippen molar-refractivity contribution in [2.24, 2.45) is 0 Å². The lowest BCUT2D eigenvalue weighted by atomic mass is 9.98. The first-order valence-electron chi connectivity index (χ1n) is 7.58. The maximum atomic E-state index is 12.5.